The fourth-order valence-corrected chi connectivity index (χ4v) is 4.89. The second-order valence-corrected chi connectivity index (χ2v) is 8.92. The molecule has 2 heterocycles. The quantitative estimate of drug-likeness (QED) is 0.521. The van der Waals surface area contributed by atoms with Gasteiger partial charge >= 0.3 is 0 Å². The molecule has 0 fully saturated rings. The van der Waals surface area contributed by atoms with E-state index < -0.39 is 17.9 Å². The lowest BCUT2D eigenvalue weighted by Gasteiger charge is -2.29. The minimum absolute atomic E-state index is 0.403. The topological polar surface area (TPSA) is 86.2 Å². The Balaban J connectivity index is 1.71. The summed E-state index contributed by atoms with van der Waals surface area (Å²) in [5.74, 6) is 0.0568. The first kappa shape index (κ1) is 20.1. The summed E-state index contributed by atoms with van der Waals surface area (Å²) in [7, 11) is 0. The Kier molecular flexibility index (Phi) is 5.76. The summed E-state index contributed by atoms with van der Waals surface area (Å²) in [6.45, 7) is 1.80. The van der Waals surface area contributed by atoms with Crippen molar-refractivity contribution in [3.63, 3.8) is 0 Å². The van der Waals surface area contributed by atoms with E-state index in [4.69, 9.17) is 17.3 Å². The molecular weight excluding hydrogens is 474 g/mol. The third kappa shape index (κ3) is 4.10. The van der Waals surface area contributed by atoms with Gasteiger partial charge in [-0.2, -0.15) is 4.98 Å². The summed E-state index contributed by atoms with van der Waals surface area (Å²) in [5.41, 5.74) is 8.27. The van der Waals surface area contributed by atoms with E-state index in [1.165, 1.54) is 11.8 Å². The van der Waals surface area contributed by atoms with Crippen molar-refractivity contribution in [2.75, 3.05) is 0 Å². The Morgan fingerprint density at radius 1 is 1.28 bits per heavy atom. The molecule has 9 heteroatoms. The van der Waals surface area contributed by atoms with E-state index in [1.54, 1.807) is 11.6 Å². The van der Waals surface area contributed by atoms with Crippen molar-refractivity contribution in [2.24, 2.45) is 16.6 Å². The van der Waals surface area contributed by atoms with Crippen LogP contribution in [0, 0.1) is 5.92 Å². The fraction of sp³-hybridized carbons (Fsp3) is 0.200. The molecule has 3 aromatic rings. The number of nitrogens with zero attached hydrogens (tertiary/aromatic N) is 4. The smallest absolute Gasteiger partial charge is 0.249 e. The lowest BCUT2D eigenvalue weighted by Crippen LogP contribution is -2.39. The van der Waals surface area contributed by atoms with Gasteiger partial charge in [-0.05, 0) is 36.2 Å². The number of rotatable bonds is 5. The molecule has 2 N–H and O–H groups in total. The minimum atomic E-state index is -0.597. The molecule has 1 aliphatic heterocycles. The van der Waals surface area contributed by atoms with Crippen LogP contribution in [0.3, 0.4) is 0 Å². The summed E-state index contributed by atoms with van der Waals surface area (Å²) in [4.78, 5) is 21.3. The summed E-state index contributed by atoms with van der Waals surface area (Å²) < 4.78 is 2.60. The zero-order chi connectivity index (χ0) is 20.5. The Bertz CT molecular complexity index is 1120. The third-order valence-electron chi connectivity index (χ3n) is 4.71. The summed E-state index contributed by atoms with van der Waals surface area (Å²) in [5, 5.41) is 5.92. The molecular formula is C20H17BrClN5OS. The van der Waals surface area contributed by atoms with Gasteiger partial charge in [0.1, 0.15) is 5.92 Å². The number of fused-ring (bicyclic) bond motifs is 1. The summed E-state index contributed by atoms with van der Waals surface area (Å²) >= 11 is 11.2. The van der Waals surface area contributed by atoms with Gasteiger partial charge in [0.15, 0.2) is 0 Å². The average molecular weight is 491 g/mol. The van der Waals surface area contributed by atoms with Crippen LogP contribution in [0.2, 0.25) is 5.02 Å². The van der Waals surface area contributed by atoms with Gasteiger partial charge in [0, 0.05) is 21.0 Å². The van der Waals surface area contributed by atoms with Gasteiger partial charge in [-0.25, -0.2) is 9.67 Å². The second-order valence-electron chi connectivity index (χ2n) is 6.65. The van der Waals surface area contributed by atoms with Crippen LogP contribution in [0.25, 0.3) is 0 Å². The van der Waals surface area contributed by atoms with Crippen LogP contribution < -0.4 is 5.73 Å². The highest BCUT2D eigenvalue weighted by Crippen LogP contribution is 2.37. The largest absolute Gasteiger partial charge is 0.369 e. The number of carbonyl (C=O) groups is 1. The molecule has 0 spiro atoms. The number of carbonyl (C=O) groups excluding carboxylic acids is 1. The van der Waals surface area contributed by atoms with Crippen LogP contribution in [0.4, 0.5) is 5.95 Å². The van der Waals surface area contributed by atoms with Gasteiger partial charge in [-0.15, -0.1) is 5.10 Å². The van der Waals surface area contributed by atoms with Crippen LogP contribution >= 0.6 is 39.3 Å². The maximum Gasteiger partial charge on any atom is 0.249 e. The molecule has 4 rings (SSSR count). The molecule has 1 aliphatic rings. The van der Waals surface area contributed by atoms with Crippen LogP contribution in [0.1, 0.15) is 24.1 Å². The van der Waals surface area contributed by atoms with E-state index in [0.717, 1.165) is 15.6 Å². The first-order valence-corrected chi connectivity index (χ1v) is 11.0. The molecule has 0 saturated heterocycles. The number of hydrogen-bond acceptors (Lipinski definition) is 5. The fourth-order valence-electron chi connectivity index (χ4n) is 3.36. The predicted octanol–water partition coefficient (Wildman–Crippen LogP) is 4.78. The molecule has 2 aromatic carbocycles. The van der Waals surface area contributed by atoms with Crippen LogP contribution in [-0.2, 0) is 10.5 Å². The lowest BCUT2D eigenvalue weighted by atomic mass is 9.88. The summed E-state index contributed by atoms with van der Waals surface area (Å²) in [6.07, 6.45) is 0. The maximum atomic E-state index is 12.2. The monoisotopic (exact) mass is 489 g/mol. The Hall–Kier alpha value is -2.16. The van der Waals surface area contributed by atoms with Gasteiger partial charge in [0.25, 0.3) is 0 Å². The zero-order valence-corrected chi connectivity index (χ0v) is 18.6. The number of halogens is 2. The van der Waals surface area contributed by atoms with Crippen molar-refractivity contribution in [2.45, 2.75) is 23.9 Å². The SMILES string of the molecule is CC1=Nc2nc(SCc3ccccc3Cl)nn2C(c2cccc(Br)c2)C1C(N)=O. The third-order valence-corrected chi connectivity index (χ3v) is 6.46. The van der Waals surface area contributed by atoms with E-state index in [9.17, 15) is 4.79 Å². The van der Waals surface area contributed by atoms with E-state index in [0.29, 0.717) is 27.6 Å². The van der Waals surface area contributed by atoms with Crippen molar-refractivity contribution < 1.29 is 4.79 Å². The van der Waals surface area contributed by atoms with Crippen molar-refractivity contribution in [3.05, 3.63) is 69.2 Å². The van der Waals surface area contributed by atoms with Gasteiger partial charge < -0.3 is 5.73 Å². The number of amides is 1. The van der Waals surface area contributed by atoms with E-state index in [1.807, 2.05) is 48.5 Å². The molecule has 1 amide bonds. The molecule has 0 aliphatic carbocycles. The number of aromatic nitrogens is 3. The number of primary amides is 1. The van der Waals surface area contributed by atoms with Gasteiger partial charge in [-0.3, -0.25) is 4.79 Å². The number of hydrogen-bond donors (Lipinski definition) is 1. The number of benzene rings is 2. The number of aliphatic imine (C=N–C) groups is 1. The van der Waals surface area contributed by atoms with Gasteiger partial charge in [0.2, 0.25) is 17.0 Å². The molecule has 1 aromatic heterocycles. The highest BCUT2D eigenvalue weighted by molar-refractivity contribution is 9.10. The Labute approximate surface area is 185 Å². The first-order valence-electron chi connectivity index (χ1n) is 8.87. The van der Waals surface area contributed by atoms with Gasteiger partial charge in [-0.1, -0.05) is 69.6 Å². The van der Waals surface area contributed by atoms with E-state index >= 15 is 0 Å². The lowest BCUT2D eigenvalue weighted by molar-refractivity contribution is -0.120. The highest BCUT2D eigenvalue weighted by atomic mass is 79.9. The molecule has 148 valence electrons. The summed E-state index contributed by atoms with van der Waals surface area (Å²) in [6, 6.07) is 15.0. The molecule has 0 bridgehead atoms. The Morgan fingerprint density at radius 3 is 2.79 bits per heavy atom. The second kappa shape index (κ2) is 8.30. The van der Waals surface area contributed by atoms with Crippen molar-refractivity contribution in [1.82, 2.24) is 14.8 Å². The zero-order valence-electron chi connectivity index (χ0n) is 15.4. The predicted molar refractivity (Wildman–Crippen MR) is 119 cm³/mol. The molecule has 0 radical (unpaired) electrons. The van der Waals surface area contributed by atoms with Crippen molar-refractivity contribution in [1.29, 1.82) is 0 Å². The van der Waals surface area contributed by atoms with Crippen molar-refractivity contribution in [3.8, 4) is 0 Å². The first-order chi connectivity index (χ1) is 13.9. The molecule has 6 nitrogen and oxygen atoms in total. The number of thioether (sulfide) groups is 1. The van der Waals surface area contributed by atoms with Crippen molar-refractivity contribution >= 4 is 56.9 Å². The Morgan fingerprint density at radius 2 is 2.07 bits per heavy atom. The molecule has 2 unspecified atom stereocenters. The normalized spacial score (nSPS) is 18.2. The van der Waals surface area contributed by atoms with Crippen LogP contribution in [0.5, 0.6) is 0 Å². The molecule has 0 saturated carbocycles. The van der Waals surface area contributed by atoms with E-state index in [-0.39, 0.29) is 0 Å². The van der Waals surface area contributed by atoms with Crippen LogP contribution in [0.15, 0.2) is 63.2 Å². The number of nitrogens with two attached hydrogens (primary N) is 1. The minimum Gasteiger partial charge on any atom is -0.369 e. The highest BCUT2D eigenvalue weighted by Gasteiger charge is 2.38. The average Bonchev–Trinajstić information content (AvgIpc) is 3.08. The van der Waals surface area contributed by atoms with Gasteiger partial charge in [0.05, 0.1) is 6.04 Å². The van der Waals surface area contributed by atoms with E-state index in [2.05, 4.69) is 31.0 Å². The van der Waals surface area contributed by atoms with Crippen LogP contribution in [-0.4, -0.2) is 26.4 Å². The standard InChI is InChI=1S/C20H17BrClN5OS/c1-11-16(18(23)28)17(12-6-4-7-14(21)9-12)27-19(24-11)25-20(26-27)29-10-13-5-2-3-8-15(13)22/h2-9,16-17H,10H2,1H3,(H2,23,28). The molecule has 2 atom stereocenters. The maximum absolute atomic E-state index is 12.2. The molecule has 29 heavy (non-hydrogen) atoms.